The normalized spacial score (nSPS) is 10.8. The van der Waals surface area contributed by atoms with Crippen LogP contribution >= 0.6 is 0 Å². The summed E-state index contributed by atoms with van der Waals surface area (Å²) < 4.78 is 13.1. The smallest absolute Gasteiger partial charge is 0.356 e. The number of nitrogens with zero attached hydrogens (tertiary/aromatic N) is 1. The van der Waals surface area contributed by atoms with Gasteiger partial charge in [0, 0.05) is 17.7 Å². The third-order valence-corrected chi connectivity index (χ3v) is 3.99. The van der Waals surface area contributed by atoms with Crippen LogP contribution in [-0.4, -0.2) is 21.3 Å². The summed E-state index contributed by atoms with van der Waals surface area (Å²) in [7, 11) is 0. The molecule has 4 nitrogen and oxygen atoms in total. The fraction of sp³-hybridized carbons (Fsp3) is 0.158. The zero-order valence-electron chi connectivity index (χ0n) is 13.2. The highest BCUT2D eigenvalue weighted by molar-refractivity contribution is 5.87. The van der Waals surface area contributed by atoms with Crippen molar-refractivity contribution >= 4 is 5.97 Å². The number of carbonyl (C=O) groups is 1. The molecule has 5 heteroatoms. The Morgan fingerprint density at radius 1 is 1.17 bits per heavy atom. The van der Waals surface area contributed by atoms with Gasteiger partial charge < -0.3 is 5.11 Å². The van der Waals surface area contributed by atoms with E-state index in [1.54, 1.807) is 12.1 Å². The lowest BCUT2D eigenvalue weighted by molar-refractivity contribution is 0.0689. The number of aromatic nitrogens is 2. The molecule has 1 aromatic heterocycles. The lowest BCUT2D eigenvalue weighted by Gasteiger charge is -2.07. The molecule has 0 unspecified atom stereocenters. The maximum absolute atomic E-state index is 13.1. The number of benzene rings is 2. The summed E-state index contributed by atoms with van der Waals surface area (Å²) in [5.74, 6) is -1.30. The molecule has 3 aromatic rings. The van der Waals surface area contributed by atoms with Crippen molar-refractivity contribution in [1.82, 2.24) is 10.2 Å². The van der Waals surface area contributed by atoms with Gasteiger partial charge in [0.15, 0.2) is 5.69 Å². The first-order valence-corrected chi connectivity index (χ1v) is 7.72. The topological polar surface area (TPSA) is 66.0 Å². The van der Waals surface area contributed by atoms with Crippen LogP contribution in [0.5, 0.6) is 0 Å². The van der Waals surface area contributed by atoms with E-state index >= 15 is 0 Å². The number of carboxylic acid groups (broad SMARTS) is 1. The summed E-state index contributed by atoms with van der Waals surface area (Å²) >= 11 is 0. The van der Waals surface area contributed by atoms with Crippen LogP contribution in [0, 0.1) is 5.82 Å². The molecule has 0 saturated heterocycles. The molecule has 0 atom stereocenters. The average molecular weight is 324 g/mol. The van der Waals surface area contributed by atoms with Crippen LogP contribution in [0.25, 0.3) is 11.1 Å². The molecule has 0 saturated carbocycles. The molecule has 122 valence electrons. The van der Waals surface area contributed by atoms with Gasteiger partial charge in [0.1, 0.15) is 5.82 Å². The van der Waals surface area contributed by atoms with Gasteiger partial charge in [-0.05, 0) is 35.2 Å². The molecule has 0 aliphatic carbocycles. The van der Waals surface area contributed by atoms with E-state index in [9.17, 15) is 14.3 Å². The van der Waals surface area contributed by atoms with Crippen molar-refractivity contribution in [1.29, 1.82) is 0 Å². The predicted molar refractivity (Wildman–Crippen MR) is 89.6 cm³/mol. The third-order valence-electron chi connectivity index (χ3n) is 3.99. The minimum atomic E-state index is -1.03. The molecule has 2 N–H and O–H groups in total. The van der Waals surface area contributed by atoms with E-state index in [4.69, 9.17) is 0 Å². The molecule has 0 aliphatic rings. The van der Waals surface area contributed by atoms with Crippen molar-refractivity contribution in [2.75, 3.05) is 0 Å². The molecule has 0 radical (unpaired) electrons. The number of aryl methyl sites for hydroxylation is 1. The van der Waals surface area contributed by atoms with Gasteiger partial charge in [0.2, 0.25) is 0 Å². The largest absolute Gasteiger partial charge is 0.476 e. The zero-order valence-corrected chi connectivity index (χ0v) is 13.2. The van der Waals surface area contributed by atoms with Crippen LogP contribution in [0.4, 0.5) is 4.39 Å². The van der Waals surface area contributed by atoms with Crippen molar-refractivity contribution < 1.29 is 14.3 Å². The Kier molecular flexibility index (Phi) is 4.42. The first-order chi connectivity index (χ1) is 11.6. The van der Waals surface area contributed by atoms with Crippen LogP contribution in [0.3, 0.4) is 0 Å². The second kappa shape index (κ2) is 6.66. The Bertz CT molecular complexity index is 869. The molecule has 0 bridgehead atoms. The summed E-state index contributed by atoms with van der Waals surface area (Å²) in [6, 6.07) is 14.1. The van der Waals surface area contributed by atoms with Gasteiger partial charge in [-0.15, -0.1) is 0 Å². The Balaban J connectivity index is 1.94. The van der Waals surface area contributed by atoms with Gasteiger partial charge in [-0.3, -0.25) is 5.10 Å². The average Bonchev–Trinajstić information content (AvgIpc) is 2.98. The van der Waals surface area contributed by atoms with Crippen LogP contribution in [0.15, 0.2) is 48.5 Å². The lowest BCUT2D eigenvalue weighted by atomic mass is 9.97. The molecule has 0 aliphatic heterocycles. The highest BCUT2D eigenvalue weighted by atomic mass is 19.1. The highest BCUT2D eigenvalue weighted by Gasteiger charge is 2.18. The minimum Gasteiger partial charge on any atom is -0.476 e. The number of hydrogen-bond donors (Lipinski definition) is 2. The summed E-state index contributed by atoms with van der Waals surface area (Å²) in [6.45, 7) is 1.96. The van der Waals surface area contributed by atoms with Crippen molar-refractivity contribution in [3.8, 4) is 11.1 Å². The van der Waals surface area contributed by atoms with E-state index in [0.717, 1.165) is 22.4 Å². The molecule has 2 aromatic carbocycles. The number of aromatic amines is 1. The third kappa shape index (κ3) is 3.20. The Morgan fingerprint density at radius 3 is 2.58 bits per heavy atom. The van der Waals surface area contributed by atoms with Crippen molar-refractivity contribution in [2.45, 2.75) is 19.8 Å². The summed E-state index contributed by atoms with van der Waals surface area (Å²) in [5, 5.41) is 16.0. The maximum Gasteiger partial charge on any atom is 0.356 e. The number of H-pyrrole nitrogens is 1. The molecular formula is C19H17FN2O2. The van der Waals surface area contributed by atoms with E-state index < -0.39 is 5.97 Å². The molecule has 0 spiro atoms. The minimum absolute atomic E-state index is 0.0686. The summed E-state index contributed by atoms with van der Waals surface area (Å²) in [4.78, 5) is 11.3. The van der Waals surface area contributed by atoms with Crippen LogP contribution < -0.4 is 0 Å². The summed E-state index contributed by atoms with van der Waals surface area (Å²) in [5.41, 5.74) is 4.47. The van der Waals surface area contributed by atoms with Gasteiger partial charge in [0.25, 0.3) is 0 Å². The number of aromatic carboxylic acids is 1. The first kappa shape index (κ1) is 15.9. The van der Waals surface area contributed by atoms with E-state index in [-0.39, 0.29) is 11.5 Å². The molecule has 0 amide bonds. The number of nitrogens with one attached hydrogen (secondary N) is 1. The van der Waals surface area contributed by atoms with Crippen LogP contribution in [-0.2, 0) is 12.8 Å². The number of hydrogen-bond acceptors (Lipinski definition) is 2. The standard InChI is InChI=1S/C19H17FN2O2/c1-2-17-16(18(19(23)24)22-21-17)11-12-4-3-5-14(10-12)13-6-8-15(20)9-7-13/h3-10H,2,11H2,1H3,(H,21,22)(H,23,24). The fourth-order valence-electron chi connectivity index (χ4n) is 2.77. The Hall–Kier alpha value is -2.95. The molecule has 0 fully saturated rings. The lowest BCUT2D eigenvalue weighted by Crippen LogP contribution is -2.03. The second-order valence-corrected chi connectivity index (χ2v) is 5.57. The van der Waals surface area contributed by atoms with Gasteiger partial charge >= 0.3 is 5.97 Å². The van der Waals surface area contributed by atoms with Crippen molar-refractivity contribution in [3.05, 3.63) is 76.9 Å². The number of carboxylic acids is 1. The van der Waals surface area contributed by atoms with Crippen molar-refractivity contribution in [2.24, 2.45) is 0 Å². The molecular weight excluding hydrogens is 307 g/mol. The predicted octanol–water partition coefficient (Wildman–Crippen LogP) is 4.07. The van der Waals surface area contributed by atoms with E-state index in [2.05, 4.69) is 10.2 Å². The highest BCUT2D eigenvalue weighted by Crippen LogP contribution is 2.24. The van der Waals surface area contributed by atoms with Gasteiger partial charge in [-0.1, -0.05) is 43.3 Å². The van der Waals surface area contributed by atoms with Crippen LogP contribution in [0.1, 0.15) is 34.2 Å². The van der Waals surface area contributed by atoms with E-state index in [1.807, 2.05) is 31.2 Å². The zero-order chi connectivity index (χ0) is 17.1. The monoisotopic (exact) mass is 324 g/mol. The molecule has 24 heavy (non-hydrogen) atoms. The molecule has 3 rings (SSSR count). The number of rotatable bonds is 5. The van der Waals surface area contributed by atoms with Gasteiger partial charge in [-0.2, -0.15) is 5.10 Å². The Morgan fingerprint density at radius 2 is 1.92 bits per heavy atom. The van der Waals surface area contributed by atoms with Crippen molar-refractivity contribution in [3.63, 3.8) is 0 Å². The maximum atomic E-state index is 13.1. The Labute approximate surface area is 139 Å². The fourth-order valence-corrected chi connectivity index (χ4v) is 2.77. The van der Waals surface area contributed by atoms with Gasteiger partial charge in [0.05, 0.1) is 0 Å². The van der Waals surface area contributed by atoms with Crippen LogP contribution in [0.2, 0.25) is 0 Å². The quantitative estimate of drug-likeness (QED) is 0.743. The van der Waals surface area contributed by atoms with E-state index in [0.29, 0.717) is 18.4 Å². The molecule has 1 heterocycles. The SMILES string of the molecule is CCc1[nH]nc(C(=O)O)c1Cc1cccc(-c2ccc(F)cc2)c1. The summed E-state index contributed by atoms with van der Waals surface area (Å²) in [6.07, 6.45) is 1.17. The second-order valence-electron chi connectivity index (χ2n) is 5.57. The number of halogens is 1. The van der Waals surface area contributed by atoms with Gasteiger partial charge in [-0.25, -0.2) is 9.18 Å². The first-order valence-electron chi connectivity index (χ1n) is 7.72. The van der Waals surface area contributed by atoms with E-state index in [1.165, 1.54) is 12.1 Å².